The quantitative estimate of drug-likeness (QED) is 0.530. The Labute approximate surface area is 166 Å². The lowest BCUT2D eigenvalue weighted by molar-refractivity contribution is 0.415. The van der Waals surface area contributed by atoms with Crippen molar-refractivity contribution in [3.63, 3.8) is 0 Å². The first-order valence-corrected chi connectivity index (χ1v) is 8.91. The van der Waals surface area contributed by atoms with Gasteiger partial charge in [-0.25, -0.2) is 9.98 Å². The van der Waals surface area contributed by atoms with Gasteiger partial charge in [-0.2, -0.15) is 0 Å². The highest BCUT2D eigenvalue weighted by Gasteiger charge is 2.08. The molecule has 0 unspecified atom stereocenters. The van der Waals surface area contributed by atoms with Crippen LogP contribution in [0.5, 0.6) is 5.75 Å². The van der Waals surface area contributed by atoms with Crippen LogP contribution in [-0.4, -0.2) is 31.7 Å². The number of benzene rings is 2. The lowest BCUT2D eigenvalue weighted by atomic mass is 9.97. The van der Waals surface area contributed by atoms with E-state index in [1.54, 1.807) is 19.5 Å². The van der Waals surface area contributed by atoms with Gasteiger partial charge in [0, 0.05) is 18.0 Å². The first kappa shape index (κ1) is 21.0. The Bertz CT molecular complexity index is 948. The standard InChI is InChI=1S/C22H21N3O.CH5N/c1-15-13-21(25-22(23-3)18-6-5-11-24-14-18)16(2)12-20(15)17-7-9-19(26-4)10-8-17;1-2/h5-14H,3H2,1-2,4H3;2H2,1H3. The Hall–Kier alpha value is -3.31. The maximum atomic E-state index is 5.24. The minimum atomic E-state index is 0.567. The first-order chi connectivity index (χ1) is 13.6. The van der Waals surface area contributed by atoms with Crippen molar-refractivity contribution in [2.75, 3.05) is 14.2 Å². The van der Waals surface area contributed by atoms with Gasteiger partial charge in [0.25, 0.3) is 0 Å². The van der Waals surface area contributed by atoms with Gasteiger partial charge in [0.1, 0.15) is 5.75 Å². The molecule has 5 heteroatoms. The van der Waals surface area contributed by atoms with Crippen LogP contribution < -0.4 is 10.5 Å². The molecule has 0 saturated heterocycles. The van der Waals surface area contributed by atoms with E-state index in [1.165, 1.54) is 12.6 Å². The second-order valence-electron chi connectivity index (χ2n) is 6.02. The second-order valence-corrected chi connectivity index (χ2v) is 6.02. The van der Waals surface area contributed by atoms with Gasteiger partial charge < -0.3 is 10.5 Å². The van der Waals surface area contributed by atoms with Crippen molar-refractivity contribution in [2.24, 2.45) is 15.7 Å². The molecule has 0 spiro atoms. The zero-order valence-corrected chi connectivity index (χ0v) is 16.8. The van der Waals surface area contributed by atoms with Crippen LogP contribution in [0, 0.1) is 13.8 Å². The number of aromatic nitrogens is 1. The first-order valence-electron chi connectivity index (χ1n) is 8.91. The van der Waals surface area contributed by atoms with Gasteiger partial charge in [0.05, 0.1) is 12.8 Å². The Balaban J connectivity index is 0.00000136. The van der Waals surface area contributed by atoms with Crippen LogP contribution >= 0.6 is 0 Å². The third-order valence-corrected chi connectivity index (χ3v) is 4.24. The summed E-state index contributed by atoms with van der Waals surface area (Å²) in [5.74, 6) is 1.42. The molecule has 1 heterocycles. The molecular weight excluding hydrogens is 348 g/mol. The highest BCUT2D eigenvalue weighted by molar-refractivity contribution is 6.02. The topological polar surface area (TPSA) is 72.9 Å². The molecule has 0 atom stereocenters. The predicted molar refractivity (Wildman–Crippen MR) is 118 cm³/mol. The minimum Gasteiger partial charge on any atom is -0.497 e. The summed E-state index contributed by atoms with van der Waals surface area (Å²) in [4.78, 5) is 12.9. The summed E-state index contributed by atoms with van der Waals surface area (Å²) >= 11 is 0. The van der Waals surface area contributed by atoms with Crippen LogP contribution in [0.1, 0.15) is 16.7 Å². The van der Waals surface area contributed by atoms with E-state index in [1.807, 2.05) is 24.3 Å². The van der Waals surface area contributed by atoms with Gasteiger partial charge in [0.2, 0.25) is 0 Å². The van der Waals surface area contributed by atoms with Crippen molar-refractivity contribution in [1.82, 2.24) is 4.98 Å². The van der Waals surface area contributed by atoms with E-state index >= 15 is 0 Å². The molecule has 0 bridgehead atoms. The summed E-state index contributed by atoms with van der Waals surface area (Å²) in [5.41, 5.74) is 10.8. The number of hydrogen-bond acceptors (Lipinski definition) is 4. The lowest BCUT2D eigenvalue weighted by Gasteiger charge is -2.11. The Morgan fingerprint density at radius 2 is 1.75 bits per heavy atom. The van der Waals surface area contributed by atoms with E-state index in [0.29, 0.717) is 5.84 Å². The van der Waals surface area contributed by atoms with Crippen molar-refractivity contribution in [3.8, 4) is 16.9 Å². The summed E-state index contributed by atoms with van der Waals surface area (Å²) < 4.78 is 5.24. The average molecular weight is 374 g/mol. The van der Waals surface area contributed by atoms with Crippen molar-refractivity contribution < 1.29 is 4.74 Å². The van der Waals surface area contributed by atoms with Gasteiger partial charge >= 0.3 is 0 Å². The number of methoxy groups -OCH3 is 1. The summed E-state index contributed by atoms with van der Waals surface area (Å²) in [6, 6.07) is 16.1. The molecule has 0 radical (unpaired) electrons. The molecule has 0 fully saturated rings. The minimum absolute atomic E-state index is 0.567. The number of amidine groups is 1. The number of hydrogen-bond donors (Lipinski definition) is 1. The number of pyridine rings is 1. The van der Waals surface area contributed by atoms with Crippen LogP contribution in [0.4, 0.5) is 5.69 Å². The molecule has 0 amide bonds. The van der Waals surface area contributed by atoms with Gasteiger partial charge in [-0.1, -0.05) is 12.1 Å². The molecule has 28 heavy (non-hydrogen) atoms. The molecule has 144 valence electrons. The normalized spacial score (nSPS) is 10.7. The van der Waals surface area contributed by atoms with Gasteiger partial charge in [0.15, 0.2) is 5.84 Å². The number of nitrogens with two attached hydrogens (primary N) is 1. The third kappa shape index (κ3) is 4.90. The zero-order chi connectivity index (χ0) is 20.5. The predicted octanol–water partition coefficient (Wildman–Crippen LogP) is 4.73. The molecule has 2 N–H and O–H groups in total. The molecule has 0 aliphatic rings. The maximum Gasteiger partial charge on any atom is 0.160 e. The fraction of sp³-hybridized carbons (Fsp3) is 0.174. The van der Waals surface area contributed by atoms with Gasteiger partial charge in [-0.05, 0) is 86.3 Å². The fourth-order valence-corrected chi connectivity index (χ4v) is 2.80. The smallest absolute Gasteiger partial charge is 0.160 e. The molecule has 5 nitrogen and oxygen atoms in total. The molecule has 3 aromatic rings. The number of aliphatic imine (C=N–C) groups is 2. The van der Waals surface area contributed by atoms with E-state index < -0.39 is 0 Å². The van der Waals surface area contributed by atoms with Gasteiger partial charge in [-0.3, -0.25) is 4.98 Å². The van der Waals surface area contributed by atoms with E-state index in [9.17, 15) is 0 Å². The van der Waals surface area contributed by atoms with Crippen LogP contribution in [0.25, 0.3) is 11.1 Å². The highest BCUT2D eigenvalue weighted by Crippen LogP contribution is 2.31. The van der Waals surface area contributed by atoms with E-state index in [0.717, 1.165) is 33.7 Å². The summed E-state index contributed by atoms with van der Waals surface area (Å²) in [6.07, 6.45) is 3.46. The van der Waals surface area contributed by atoms with Crippen LogP contribution in [0.3, 0.4) is 0 Å². The maximum absolute atomic E-state index is 5.24. The van der Waals surface area contributed by atoms with Crippen molar-refractivity contribution >= 4 is 18.2 Å². The van der Waals surface area contributed by atoms with Crippen LogP contribution in [0.2, 0.25) is 0 Å². The molecule has 1 aromatic heterocycles. The molecule has 0 saturated carbocycles. The monoisotopic (exact) mass is 374 g/mol. The Kier molecular flexibility index (Phi) is 7.60. The molecule has 2 aromatic carbocycles. The highest BCUT2D eigenvalue weighted by atomic mass is 16.5. The van der Waals surface area contributed by atoms with Crippen molar-refractivity contribution in [1.29, 1.82) is 0 Å². The summed E-state index contributed by atoms with van der Waals surface area (Å²) in [5, 5.41) is 0. The molecular formula is C23H26N4O. The second kappa shape index (κ2) is 10.1. The Morgan fingerprint density at radius 1 is 1.04 bits per heavy atom. The molecule has 0 aliphatic carbocycles. The van der Waals surface area contributed by atoms with Crippen LogP contribution in [-0.2, 0) is 0 Å². The van der Waals surface area contributed by atoms with Crippen LogP contribution in [0.15, 0.2) is 70.9 Å². The SMILES string of the molecule is C=NC(=Nc1cc(C)c(-c2ccc(OC)cc2)cc1C)c1cccnc1.CN. The largest absolute Gasteiger partial charge is 0.497 e. The molecule has 3 rings (SSSR count). The third-order valence-electron chi connectivity index (χ3n) is 4.24. The number of aryl methyl sites for hydroxylation is 2. The van der Waals surface area contributed by atoms with E-state index in [2.05, 4.69) is 60.5 Å². The number of nitrogens with zero attached hydrogens (tertiary/aromatic N) is 3. The molecule has 0 aliphatic heterocycles. The van der Waals surface area contributed by atoms with Crippen molar-refractivity contribution in [3.05, 3.63) is 77.6 Å². The fourth-order valence-electron chi connectivity index (χ4n) is 2.80. The summed E-state index contributed by atoms with van der Waals surface area (Å²) in [7, 11) is 3.17. The van der Waals surface area contributed by atoms with E-state index in [4.69, 9.17) is 9.73 Å². The van der Waals surface area contributed by atoms with Gasteiger partial charge in [-0.15, -0.1) is 0 Å². The zero-order valence-electron chi connectivity index (χ0n) is 16.8. The average Bonchev–Trinajstić information content (AvgIpc) is 2.76. The van der Waals surface area contributed by atoms with E-state index in [-0.39, 0.29) is 0 Å². The van der Waals surface area contributed by atoms with Crippen molar-refractivity contribution in [2.45, 2.75) is 13.8 Å². The lowest BCUT2D eigenvalue weighted by Crippen LogP contribution is -1.97. The number of rotatable bonds is 4. The number of ether oxygens (including phenoxy) is 1. The Morgan fingerprint density at radius 3 is 2.32 bits per heavy atom. The summed E-state index contributed by atoms with van der Waals surface area (Å²) in [6.45, 7) is 7.78.